The molecule has 4 rings (SSSR count). The first-order valence-electron chi connectivity index (χ1n) is 9.83. The molecule has 0 fully saturated rings. The molecule has 1 amide bonds. The number of rotatable bonds is 5. The number of halogens is 1. The molecule has 2 heterocycles. The van der Waals surface area contributed by atoms with Crippen molar-refractivity contribution in [2.75, 3.05) is 10.7 Å². The molecule has 1 atom stereocenters. The van der Waals surface area contributed by atoms with Gasteiger partial charge in [-0.3, -0.25) is 9.69 Å². The van der Waals surface area contributed by atoms with Crippen molar-refractivity contribution in [3.63, 3.8) is 0 Å². The van der Waals surface area contributed by atoms with E-state index in [9.17, 15) is 4.79 Å². The number of anilines is 1. The van der Waals surface area contributed by atoms with Crippen molar-refractivity contribution in [3.8, 4) is 17.1 Å². The quantitative estimate of drug-likeness (QED) is 0.436. The van der Waals surface area contributed by atoms with Crippen molar-refractivity contribution in [2.45, 2.75) is 38.1 Å². The highest BCUT2D eigenvalue weighted by Gasteiger charge is 2.35. The van der Waals surface area contributed by atoms with Crippen LogP contribution in [0, 0.1) is 0 Å². The minimum absolute atomic E-state index is 0.0122. The lowest BCUT2D eigenvalue weighted by Gasteiger charge is -2.31. The van der Waals surface area contributed by atoms with Crippen LogP contribution in [0.4, 0.5) is 5.69 Å². The molecule has 6 nitrogen and oxygen atoms in total. The van der Waals surface area contributed by atoms with Gasteiger partial charge >= 0.3 is 0 Å². The van der Waals surface area contributed by atoms with Gasteiger partial charge in [0.1, 0.15) is 0 Å². The molecule has 154 valence electrons. The van der Waals surface area contributed by atoms with Crippen LogP contribution in [0.2, 0.25) is 0 Å². The molecular formula is C22H21BrN4O2S. The van der Waals surface area contributed by atoms with Crippen molar-refractivity contribution >= 4 is 39.3 Å². The zero-order chi connectivity index (χ0) is 21.1. The van der Waals surface area contributed by atoms with E-state index in [1.807, 2.05) is 62.4 Å². The van der Waals surface area contributed by atoms with E-state index in [1.54, 1.807) is 4.90 Å². The first-order chi connectivity index (χ1) is 14.6. The minimum Gasteiger partial charge on any atom is -0.447 e. The van der Waals surface area contributed by atoms with Gasteiger partial charge in [0.25, 0.3) is 0 Å². The van der Waals surface area contributed by atoms with Gasteiger partial charge < -0.3 is 4.74 Å². The minimum atomic E-state index is -0.657. The van der Waals surface area contributed by atoms with E-state index in [-0.39, 0.29) is 5.91 Å². The average Bonchev–Trinajstić information content (AvgIpc) is 2.89. The zero-order valence-corrected chi connectivity index (χ0v) is 19.1. The van der Waals surface area contributed by atoms with Crippen molar-refractivity contribution in [1.82, 2.24) is 15.2 Å². The number of carbonyl (C=O) groups excluding carboxylic acids is 1. The second-order valence-electron chi connectivity index (χ2n) is 6.73. The average molecular weight is 485 g/mol. The van der Waals surface area contributed by atoms with Crippen LogP contribution in [-0.2, 0) is 4.79 Å². The number of fused-ring (bicyclic) bond motifs is 3. The van der Waals surface area contributed by atoms with Crippen molar-refractivity contribution < 1.29 is 9.53 Å². The number of hydrogen-bond donors (Lipinski definition) is 0. The number of nitrogens with zero attached hydrogens (tertiary/aromatic N) is 4. The molecule has 0 spiro atoms. The molecule has 0 saturated carbocycles. The van der Waals surface area contributed by atoms with E-state index in [2.05, 4.69) is 31.1 Å². The zero-order valence-electron chi connectivity index (χ0n) is 16.7. The van der Waals surface area contributed by atoms with Crippen LogP contribution in [0.25, 0.3) is 11.3 Å². The number of hydrogen-bond acceptors (Lipinski definition) is 6. The van der Waals surface area contributed by atoms with Gasteiger partial charge in [-0.15, -0.1) is 10.2 Å². The largest absolute Gasteiger partial charge is 0.447 e. The van der Waals surface area contributed by atoms with Crippen LogP contribution in [0.1, 0.15) is 38.5 Å². The topological polar surface area (TPSA) is 68.2 Å². The van der Waals surface area contributed by atoms with E-state index >= 15 is 0 Å². The molecule has 0 radical (unpaired) electrons. The number of benzene rings is 2. The molecule has 1 aliphatic rings. The molecule has 0 aliphatic carbocycles. The Morgan fingerprint density at radius 2 is 1.90 bits per heavy atom. The summed E-state index contributed by atoms with van der Waals surface area (Å²) in [4.78, 5) is 19.6. The predicted molar refractivity (Wildman–Crippen MR) is 122 cm³/mol. The van der Waals surface area contributed by atoms with Gasteiger partial charge in [-0.05, 0) is 30.4 Å². The van der Waals surface area contributed by atoms with Gasteiger partial charge in [0.2, 0.25) is 23.2 Å². The third-order valence-corrected chi connectivity index (χ3v) is 5.92. The van der Waals surface area contributed by atoms with E-state index in [1.165, 1.54) is 11.8 Å². The molecule has 0 bridgehead atoms. The summed E-state index contributed by atoms with van der Waals surface area (Å²) in [5.74, 6) is 1.20. The summed E-state index contributed by atoms with van der Waals surface area (Å²) >= 11 is 4.98. The smallest absolute Gasteiger partial charge is 0.247 e. The van der Waals surface area contributed by atoms with Crippen LogP contribution in [0.3, 0.4) is 0 Å². The van der Waals surface area contributed by atoms with Crippen LogP contribution in [-0.4, -0.2) is 26.8 Å². The first-order valence-corrected chi connectivity index (χ1v) is 11.6. The van der Waals surface area contributed by atoms with Crippen LogP contribution < -0.4 is 9.64 Å². The Kier molecular flexibility index (Phi) is 6.34. The van der Waals surface area contributed by atoms with Gasteiger partial charge in [-0.25, -0.2) is 0 Å². The van der Waals surface area contributed by atoms with E-state index in [0.717, 1.165) is 33.5 Å². The second-order valence-corrected chi connectivity index (χ2v) is 8.88. The van der Waals surface area contributed by atoms with Gasteiger partial charge in [-0.1, -0.05) is 71.9 Å². The molecule has 3 aromatic rings. The van der Waals surface area contributed by atoms with Crippen molar-refractivity contribution in [1.29, 1.82) is 0 Å². The molecule has 0 unspecified atom stereocenters. The Hall–Kier alpha value is -2.45. The fourth-order valence-corrected chi connectivity index (χ4v) is 4.12. The molecule has 8 heteroatoms. The maximum atomic E-state index is 13.3. The predicted octanol–water partition coefficient (Wildman–Crippen LogP) is 5.64. The van der Waals surface area contributed by atoms with Crippen molar-refractivity contribution in [3.05, 3.63) is 58.6 Å². The molecular weight excluding hydrogens is 464 g/mol. The monoisotopic (exact) mass is 484 g/mol. The van der Waals surface area contributed by atoms with Crippen LogP contribution in [0.15, 0.2) is 58.2 Å². The third kappa shape index (κ3) is 4.06. The first kappa shape index (κ1) is 20.8. The molecule has 0 N–H and O–H groups in total. The van der Waals surface area contributed by atoms with Gasteiger partial charge in [0, 0.05) is 22.0 Å². The van der Waals surface area contributed by atoms with Gasteiger partial charge in [0.05, 0.1) is 5.69 Å². The Balaban J connectivity index is 1.92. The molecule has 30 heavy (non-hydrogen) atoms. The fraction of sp³-hybridized carbons (Fsp3) is 0.273. The molecule has 1 aromatic heterocycles. The number of para-hydroxylation sites is 1. The highest BCUT2D eigenvalue weighted by Crippen LogP contribution is 2.43. The summed E-state index contributed by atoms with van der Waals surface area (Å²) in [6, 6.07) is 15.5. The summed E-state index contributed by atoms with van der Waals surface area (Å²) in [6.07, 6.45) is 0.500. The molecule has 1 aliphatic heterocycles. The van der Waals surface area contributed by atoms with E-state index in [4.69, 9.17) is 4.74 Å². The number of ether oxygens (including phenoxy) is 1. The lowest BCUT2D eigenvalue weighted by Crippen LogP contribution is -2.37. The lowest BCUT2D eigenvalue weighted by atomic mass is 10.1. The summed E-state index contributed by atoms with van der Waals surface area (Å²) < 4.78 is 7.35. The third-order valence-electron chi connectivity index (χ3n) is 4.67. The van der Waals surface area contributed by atoms with Gasteiger partial charge in [0.15, 0.2) is 5.69 Å². The second kappa shape index (κ2) is 9.14. The Morgan fingerprint density at radius 1 is 1.13 bits per heavy atom. The Labute approximate surface area is 188 Å². The number of aromatic nitrogens is 3. The van der Waals surface area contributed by atoms with Crippen molar-refractivity contribution in [2.24, 2.45) is 0 Å². The number of carbonyl (C=O) groups is 1. The summed E-state index contributed by atoms with van der Waals surface area (Å²) in [5, 5.41) is 9.22. The number of amides is 1. The Morgan fingerprint density at radius 3 is 2.63 bits per heavy atom. The van der Waals surface area contributed by atoms with E-state index in [0.29, 0.717) is 23.2 Å². The molecule has 0 saturated heterocycles. The summed E-state index contributed by atoms with van der Waals surface area (Å²) in [5.41, 5.74) is 2.92. The summed E-state index contributed by atoms with van der Waals surface area (Å²) in [6.45, 7) is 4.03. The lowest BCUT2D eigenvalue weighted by molar-refractivity contribution is -0.120. The summed E-state index contributed by atoms with van der Waals surface area (Å²) in [7, 11) is 0. The van der Waals surface area contributed by atoms with Gasteiger partial charge in [-0.2, -0.15) is 4.98 Å². The van der Waals surface area contributed by atoms with Crippen LogP contribution in [0.5, 0.6) is 5.88 Å². The normalized spacial score (nSPS) is 15.0. The standard InChI is InChI=1S/C22H21BrN4O2S/c1-3-7-18(28)27-17-9-6-5-8-16(17)19-20(24-22(26-25-19)30-4-2)29-21(27)14-10-12-15(23)13-11-14/h5-6,8-13,21H,3-4,7H2,1-2H3/t21-/m1/s1. The van der Waals surface area contributed by atoms with Crippen LogP contribution >= 0.6 is 27.7 Å². The maximum Gasteiger partial charge on any atom is 0.247 e. The fourth-order valence-electron chi connectivity index (χ4n) is 3.35. The van der Waals surface area contributed by atoms with E-state index < -0.39 is 6.23 Å². The number of thioether (sulfide) groups is 1. The highest BCUT2D eigenvalue weighted by atomic mass is 79.9. The highest BCUT2D eigenvalue weighted by molar-refractivity contribution is 9.10. The SMILES string of the molecule is CCCC(=O)N1c2ccccc2-c2nnc(SCC)nc2O[C@@H]1c1ccc(Br)cc1. The maximum absolute atomic E-state index is 13.3. The molecule has 2 aromatic carbocycles. The Bertz CT molecular complexity index is 1060.